The molecule has 0 unspecified atom stereocenters. The van der Waals surface area contributed by atoms with Crippen LogP contribution in [0.3, 0.4) is 0 Å². The summed E-state index contributed by atoms with van der Waals surface area (Å²) in [6, 6.07) is 12.7. The molecule has 1 aromatic carbocycles. The van der Waals surface area contributed by atoms with E-state index < -0.39 is 5.91 Å². The van der Waals surface area contributed by atoms with E-state index in [2.05, 4.69) is 34.0 Å². The summed E-state index contributed by atoms with van der Waals surface area (Å²) >= 11 is 0. The molecule has 0 aliphatic heterocycles. The van der Waals surface area contributed by atoms with E-state index in [1.807, 2.05) is 28.8 Å². The van der Waals surface area contributed by atoms with Gasteiger partial charge in [0, 0.05) is 17.2 Å². The molecule has 0 saturated carbocycles. The van der Waals surface area contributed by atoms with Gasteiger partial charge in [-0.1, -0.05) is 18.2 Å². The van der Waals surface area contributed by atoms with Crippen molar-refractivity contribution in [1.29, 1.82) is 0 Å². The van der Waals surface area contributed by atoms with Crippen LogP contribution in [-0.4, -0.2) is 30.6 Å². The summed E-state index contributed by atoms with van der Waals surface area (Å²) in [4.78, 5) is 20.3. The van der Waals surface area contributed by atoms with E-state index in [0.29, 0.717) is 40.0 Å². The lowest BCUT2D eigenvalue weighted by atomic mass is 10.1. The van der Waals surface area contributed by atoms with Crippen molar-refractivity contribution in [2.45, 2.75) is 19.9 Å². The fraction of sp³-hybridized carbons (Fsp3) is 0.150. The highest BCUT2D eigenvalue weighted by Gasteiger charge is 2.15. The Balaban J connectivity index is 1.69. The fourth-order valence-corrected chi connectivity index (χ4v) is 2.83. The Morgan fingerprint density at radius 3 is 2.71 bits per heavy atom. The Hall–Kier alpha value is -3.81. The SMILES string of the molecule is CC(C)n1cnnc1-c1cccc(-c2ncc(-c3cccc(C(N)=O)c3)o2)n1. The number of pyridine rings is 1. The van der Waals surface area contributed by atoms with Gasteiger partial charge >= 0.3 is 0 Å². The first-order chi connectivity index (χ1) is 13.5. The number of nitrogens with two attached hydrogens (primary N) is 1. The molecule has 0 fully saturated rings. The molecule has 0 spiro atoms. The van der Waals surface area contributed by atoms with E-state index in [1.165, 1.54) is 0 Å². The van der Waals surface area contributed by atoms with Crippen LogP contribution in [0.2, 0.25) is 0 Å². The van der Waals surface area contributed by atoms with Crippen LogP contribution in [0, 0.1) is 0 Å². The number of hydrogen-bond acceptors (Lipinski definition) is 6. The highest BCUT2D eigenvalue weighted by atomic mass is 16.4. The molecule has 140 valence electrons. The molecular weight excluding hydrogens is 356 g/mol. The minimum absolute atomic E-state index is 0.210. The maximum atomic E-state index is 11.4. The Bertz CT molecular complexity index is 1140. The monoisotopic (exact) mass is 374 g/mol. The molecule has 28 heavy (non-hydrogen) atoms. The number of carbonyl (C=O) groups is 1. The minimum atomic E-state index is -0.495. The van der Waals surface area contributed by atoms with E-state index >= 15 is 0 Å². The molecule has 4 aromatic rings. The van der Waals surface area contributed by atoms with Gasteiger partial charge in [-0.3, -0.25) is 4.79 Å². The fourth-order valence-electron chi connectivity index (χ4n) is 2.83. The van der Waals surface area contributed by atoms with Crippen molar-refractivity contribution in [3.05, 3.63) is 60.6 Å². The summed E-state index contributed by atoms with van der Waals surface area (Å²) in [5.41, 5.74) is 7.72. The molecule has 8 nitrogen and oxygen atoms in total. The molecule has 0 bridgehead atoms. The van der Waals surface area contributed by atoms with E-state index in [9.17, 15) is 4.79 Å². The number of amides is 1. The zero-order valence-corrected chi connectivity index (χ0v) is 15.4. The topological polar surface area (TPSA) is 113 Å². The molecule has 0 aliphatic carbocycles. The van der Waals surface area contributed by atoms with Crippen LogP contribution in [0.15, 0.2) is 59.4 Å². The highest BCUT2D eigenvalue weighted by molar-refractivity contribution is 5.93. The smallest absolute Gasteiger partial charge is 0.248 e. The van der Waals surface area contributed by atoms with Crippen LogP contribution in [0.25, 0.3) is 34.4 Å². The van der Waals surface area contributed by atoms with Gasteiger partial charge < -0.3 is 14.7 Å². The van der Waals surface area contributed by atoms with Crippen molar-refractivity contribution >= 4 is 5.91 Å². The molecule has 3 aromatic heterocycles. The molecule has 2 N–H and O–H groups in total. The molecule has 4 rings (SSSR count). The van der Waals surface area contributed by atoms with Crippen molar-refractivity contribution in [1.82, 2.24) is 24.7 Å². The lowest BCUT2D eigenvalue weighted by molar-refractivity contribution is 0.100. The van der Waals surface area contributed by atoms with Gasteiger partial charge in [0.2, 0.25) is 11.8 Å². The van der Waals surface area contributed by atoms with Crippen molar-refractivity contribution in [3.8, 4) is 34.4 Å². The molecule has 1 amide bonds. The van der Waals surface area contributed by atoms with Crippen molar-refractivity contribution in [2.24, 2.45) is 5.73 Å². The van der Waals surface area contributed by atoms with E-state index in [4.69, 9.17) is 10.2 Å². The number of hydrogen-bond donors (Lipinski definition) is 1. The van der Waals surface area contributed by atoms with E-state index in [-0.39, 0.29) is 6.04 Å². The predicted octanol–water partition coefficient (Wildman–Crippen LogP) is 3.34. The molecule has 0 saturated heterocycles. The van der Waals surface area contributed by atoms with Gasteiger partial charge in [-0.15, -0.1) is 10.2 Å². The molecule has 0 aliphatic rings. The van der Waals surface area contributed by atoms with Gasteiger partial charge in [-0.25, -0.2) is 9.97 Å². The second kappa shape index (κ2) is 7.07. The number of carbonyl (C=O) groups excluding carboxylic acids is 1. The third-order valence-corrected chi connectivity index (χ3v) is 4.26. The summed E-state index contributed by atoms with van der Waals surface area (Å²) in [6.45, 7) is 4.11. The molecule has 8 heteroatoms. The summed E-state index contributed by atoms with van der Waals surface area (Å²) in [5, 5.41) is 8.16. The third-order valence-electron chi connectivity index (χ3n) is 4.26. The number of nitrogens with zero attached hydrogens (tertiary/aromatic N) is 5. The van der Waals surface area contributed by atoms with Gasteiger partial charge in [0.15, 0.2) is 11.6 Å². The molecule has 0 radical (unpaired) electrons. The Morgan fingerprint density at radius 2 is 1.93 bits per heavy atom. The van der Waals surface area contributed by atoms with Gasteiger partial charge in [0.25, 0.3) is 0 Å². The van der Waals surface area contributed by atoms with Crippen LogP contribution in [0.1, 0.15) is 30.2 Å². The third kappa shape index (κ3) is 3.27. The van der Waals surface area contributed by atoms with Gasteiger partial charge in [-0.05, 0) is 38.1 Å². The number of oxazole rings is 1. The van der Waals surface area contributed by atoms with Gasteiger partial charge in [0.1, 0.15) is 17.7 Å². The maximum Gasteiger partial charge on any atom is 0.248 e. The van der Waals surface area contributed by atoms with Crippen molar-refractivity contribution < 1.29 is 9.21 Å². The van der Waals surface area contributed by atoms with Crippen LogP contribution < -0.4 is 5.73 Å². The first-order valence-corrected chi connectivity index (χ1v) is 8.76. The average Bonchev–Trinajstić information content (AvgIpc) is 3.38. The number of benzene rings is 1. The van der Waals surface area contributed by atoms with Gasteiger partial charge in [-0.2, -0.15) is 0 Å². The highest BCUT2D eigenvalue weighted by Crippen LogP contribution is 2.27. The number of rotatable bonds is 5. The zero-order chi connectivity index (χ0) is 19.7. The quantitative estimate of drug-likeness (QED) is 0.573. The lowest BCUT2D eigenvalue weighted by Crippen LogP contribution is -2.10. The summed E-state index contributed by atoms with van der Waals surface area (Å²) in [6.07, 6.45) is 3.28. The predicted molar refractivity (Wildman–Crippen MR) is 103 cm³/mol. The van der Waals surface area contributed by atoms with E-state index in [0.717, 1.165) is 0 Å². The van der Waals surface area contributed by atoms with Crippen LogP contribution in [0.4, 0.5) is 0 Å². The number of primary amides is 1. The summed E-state index contributed by atoms with van der Waals surface area (Å²) in [5.74, 6) is 1.08. The molecule has 0 atom stereocenters. The van der Waals surface area contributed by atoms with Crippen LogP contribution in [-0.2, 0) is 0 Å². The first kappa shape index (κ1) is 17.6. The zero-order valence-electron chi connectivity index (χ0n) is 15.4. The number of aromatic nitrogens is 5. The van der Waals surface area contributed by atoms with Crippen LogP contribution >= 0.6 is 0 Å². The van der Waals surface area contributed by atoms with Crippen molar-refractivity contribution in [3.63, 3.8) is 0 Å². The lowest BCUT2D eigenvalue weighted by Gasteiger charge is -2.09. The average molecular weight is 374 g/mol. The first-order valence-electron chi connectivity index (χ1n) is 8.76. The summed E-state index contributed by atoms with van der Waals surface area (Å²) < 4.78 is 7.82. The molecular formula is C20H18N6O2. The Kier molecular flexibility index (Phi) is 4.44. The second-order valence-corrected chi connectivity index (χ2v) is 6.54. The summed E-state index contributed by atoms with van der Waals surface area (Å²) in [7, 11) is 0. The van der Waals surface area contributed by atoms with Gasteiger partial charge in [0.05, 0.1) is 6.20 Å². The van der Waals surface area contributed by atoms with Crippen LogP contribution in [0.5, 0.6) is 0 Å². The van der Waals surface area contributed by atoms with Crippen molar-refractivity contribution in [2.75, 3.05) is 0 Å². The largest absolute Gasteiger partial charge is 0.435 e. The second-order valence-electron chi connectivity index (χ2n) is 6.54. The Labute approximate surface area is 161 Å². The maximum absolute atomic E-state index is 11.4. The standard InChI is InChI=1S/C20H18N6O2/c1-12(2)26-11-23-25-19(26)15-7-4-8-16(24-15)20-22-10-17(28-20)13-5-3-6-14(9-13)18(21)27/h3-12H,1-2H3,(H2,21,27). The normalized spacial score (nSPS) is 11.1. The Morgan fingerprint density at radius 1 is 1.14 bits per heavy atom. The molecule has 3 heterocycles. The van der Waals surface area contributed by atoms with E-state index in [1.54, 1.807) is 30.7 Å². The minimum Gasteiger partial charge on any atom is -0.435 e.